The van der Waals surface area contributed by atoms with Gasteiger partial charge in [0.25, 0.3) is 0 Å². The van der Waals surface area contributed by atoms with Crippen molar-refractivity contribution in [2.75, 3.05) is 26.2 Å². The maximum absolute atomic E-state index is 14.0. The Kier molecular flexibility index (Phi) is 6.26. The number of benzene rings is 2. The van der Waals surface area contributed by atoms with Gasteiger partial charge in [-0.05, 0) is 48.2 Å². The molecule has 158 valence electrons. The van der Waals surface area contributed by atoms with Gasteiger partial charge in [-0.15, -0.1) is 0 Å². The summed E-state index contributed by atoms with van der Waals surface area (Å²) in [6.07, 6.45) is 0. The molecule has 5 nitrogen and oxygen atoms in total. The second kappa shape index (κ2) is 8.38. The molecule has 29 heavy (non-hydrogen) atoms. The van der Waals surface area contributed by atoms with Crippen LogP contribution in [-0.2, 0) is 16.6 Å². The molecule has 1 heterocycles. The van der Waals surface area contributed by atoms with Crippen LogP contribution in [0.2, 0.25) is 0 Å². The van der Waals surface area contributed by atoms with Crippen LogP contribution in [0.15, 0.2) is 35.2 Å². The molecule has 0 saturated carbocycles. The number of aromatic hydroxyl groups is 1. The van der Waals surface area contributed by atoms with Crippen molar-refractivity contribution < 1.29 is 27.2 Å². The van der Waals surface area contributed by atoms with E-state index in [1.165, 1.54) is 5.56 Å². The number of phenols is 1. The van der Waals surface area contributed by atoms with E-state index in [1.807, 2.05) is 13.0 Å². The molecule has 1 aliphatic rings. The average molecular weight is 426 g/mol. The Morgan fingerprint density at radius 3 is 2.28 bits per heavy atom. The number of halogens is 2. The lowest BCUT2D eigenvalue weighted by Crippen LogP contribution is -3.13. The highest BCUT2D eigenvalue weighted by Crippen LogP contribution is 2.27. The van der Waals surface area contributed by atoms with Crippen LogP contribution in [0.3, 0.4) is 0 Å². The van der Waals surface area contributed by atoms with Crippen LogP contribution in [0, 0.1) is 18.6 Å². The van der Waals surface area contributed by atoms with E-state index < -0.39 is 26.6 Å². The van der Waals surface area contributed by atoms with E-state index in [2.05, 4.69) is 13.8 Å². The molecule has 0 aromatic heterocycles. The summed E-state index contributed by atoms with van der Waals surface area (Å²) in [4.78, 5) is 0.223. The number of quaternary nitrogens is 1. The Bertz CT molecular complexity index is 981. The molecule has 0 aliphatic carbocycles. The Balaban J connectivity index is 1.72. The van der Waals surface area contributed by atoms with Crippen molar-refractivity contribution in [1.29, 1.82) is 0 Å². The first-order chi connectivity index (χ1) is 13.6. The molecule has 2 aromatic carbocycles. The lowest BCUT2D eigenvalue weighted by molar-refractivity contribution is -0.917. The number of phenolic OH excluding ortho intramolecular Hbond substituents is 1. The average Bonchev–Trinajstić information content (AvgIpc) is 2.63. The van der Waals surface area contributed by atoms with Gasteiger partial charge in [-0.1, -0.05) is 19.9 Å². The van der Waals surface area contributed by atoms with E-state index >= 15 is 0 Å². The molecule has 0 amide bonds. The minimum absolute atomic E-state index is 0.162. The molecule has 0 atom stereocenters. The second-order valence-corrected chi connectivity index (χ2v) is 9.75. The maximum atomic E-state index is 14.0. The summed E-state index contributed by atoms with van der Waals surface area (Å²) in [6, 6.07) is 6.82. The van der Waals surface area contributed by atoms with Crippen LogP contribution in [0.1, 0.15) is 36.5 Å². The molecule has 8 heteroatoms. The Labute approximate surface area is 170 Å². The highest BCUT2D eigenvalue weighted by Gasteiger charge is 2.34. The van der Waals surface area contributed by atoms with Gasteiger partial charge in [0.15, 0.2) is 4.90 Å². The smallest absolute Gasteiger partial charge is 0.249 e. The van der Waals surface area contributed by atoms with Gasteiger partial charge in [0.1, 0.15) is 23.9 Å². The summed E-state index contributed by atoms with van der Waals surface area (Å²) >= 11 is 0. The van der Waals surface area contributed by atoms with E-state index in [0.717, 1.165) is 38.5 Å². The molecule has 0 radical (unpaired) electrons. The SMILES string of the molecule is Cc1cc(O)c(C[NH+]2CCN(S(=O)(=O)c3c(F)cccc3F)CC2)cc1C(C)C. The zero-order valence-corrected chi connectivity index (χ0v) is 17.7. The first-order valence-electron chi connectivity index (χ1n) is 9.71. The van der Waals surface area contributed by atoms with Crippen molar-refractivity contribution >= 4 is 10.0 Å². The van der Waals surface area contributed by atoms with E-state index in [1.54, 1.807) is 6.07 Å². The number of piperazine rings is 1. The lowest BCUT2D eigenvalue weighted by Gasteiger charge is -2.32. The third-order valence-corrected chi connectivity index (χ3v) is 7.43. The van der Waals surface area contributed by atoms with Crippen LogP contribution < -0.4 is 4.90 Å². The molecule has 2 aromatic rings. The zero-order chi connectivity index (χ0) is 21.3. The molecule has 2 N–H and O–H groups in total. The van der Waals surface area contributed by atoms with Gasteiger partial charge in [-0.3, -0.25) is 0 Å². The summed E-state index contributed by atoms with van der Waals surface area (Å²) in [6.45, 7) is 8.03. The first kappa shape index (κ1) is 21.7. The summed E-state index contributed by atoms with van der Waals surface area (Å²) in [5.41, 5.74) is 3.04. The highest BCUT2D eigenvalue weighted by molar-refractivity contribution is 7.89. The highest BCUT2D eigenvalue weighted by atomic mass is 32.2. The number of hydrogen-bond acceptors (Lipinski definition) is 3. The van der Waals surface area contributed by atoms with Gasteiger partial charge in [0, 0.05) is 5.56 Å². The molecular formula is C21H27F2N2O3S+. The fourth-order valence-corrected chi connectivity index (χ4v) is 5.42. The predicted molar refractivity (Wildman–Crippen MR) is 106 cm³/mol. The summed E-state index contributed by atoms with van der Waals surface area (Å²) in [5, 5.41) is 10.3. The number of aryl methyl sites for hydroxylation is 1. The van der Waals surface area contributed by atoms with Gasteiger partial charge >= 0.3 is 0 Å². The van der Waals surface area contributed by atoms with Gasteiger partial charge in [-0.25, -0.2) is 17.2 Å². The third-order valence-electron chi connectivity index (χ3n) is 5.48. The molecule has 1 fully saturated rings. The summed E-state index contributed by atoms with van der Waals surface area (Å²) < 4.78 is 54.5. The second-order valence-electron chi connectivity index (χ2n) is 7.87. The predicted octanol–water partition coefficient (Wildman–Crippen LogP) is 2.19. The lowest BCUT2D eigenvalue weighted by atomic mass is 9.95. The molecule has 0 spiro atoms. The van der Waals surface area contributed by atoms with Gasteiger partial charge in [0.2, 0.25) is 10.0 Å². The number of hydrogen-bond donors (Lipinski definition) is 2. The van der Waals surface area contributed by atoms with Crippen molar-refractivity contribution in [1.82, 2.24) is 4.31 Å². The monoisotopic (exact) mass is 425 g/mol. The van der Waals surface area contributed by atoms with Crippen LogP contribution in [-0.4, -0.2) is 44.0 Å². The van der Waals surface area contributed by atoms with Crippen molar-refractivity contribution in [2.24, 2.45) is 0 Å². The number of nitrogens with one attached hydrogen (secondary N) is 1. The quantitative estimate of drug-likeness (QED) is 0.772. The standard InChI is InChI=1S/C21H26F2N2O3S/c1-14(2)17-12-16(20(26)11-15(17)3)13-24-7-9-25(10-8-24)29(27,28)21-18(22)5-4-6-19(21)23/h4-6,11-12,14,26H,7-10,13H2,1-3H3/p+1. The normalized spacial score (nSPS) is 16.5. The van der Waals surface area contributed by atoms with Crippen molar-refractivity contribution in [2.45, 2.75) is 38.1 Å². The van der Waals surface area contributed by atoms with Crippen LogP contribution in [0.4, 0.5) is 8.78 Å². The fourth-order valence-electron chi connectivity index (χ4n) is 3.87. The molecule has 1 aliphatic heterocycles. The number of sulfonamides is 1. The van der Waals surface area contributed by atoms with Crippen LogP contribution in [0.25, 0.3) is 0 Å². The van der Waals surface area contributed by atoms with Crippen molar-refractivity contribution in [3.8, 4) is 5.75 Å². The van der Waals surface area contributed by atoms with Crippen molar-refractivity contribution in [3.63, 3.8) is 0 Å². The molecule has 1 saturated heterocycles. The minimum atomic E-state index is -4.23. The fraction of sp³-hybridized carbons (Fsp3) is 0.429. The number of nitrogens with zero attached hydrogens (tertiary/aromatic N) is 1. The van der Waals surface area contributed by atoms with Crippen LogP contribution >= 0.6 is 0 Å². The Morgan fingerprint density at radius 1 is 1.14 bits per heavy atom. The van der Waals surface area contributed by atoms with E-state index in [0.29, 0.717) is 25.6 Å². The van der Waals surface area contributed by atoms with Crippen molar-refractivity contribution in [3.05, 3.63) is 58.7 Å². The molecular weight excluding hydrogens is 398 g/mol. The van der Waals surface area contributed by atoms with Gasteiger partial charge in [0.05, 0.1) is 26.2 Å². The zero-order valence-electron chi connectivity index (χ0n) is 16.9. The Morgan fingerprint density at radius 2 is 1.72 bits per heavy atom. The topological polar surface area (TPSA) is 62.1 Å². The van der Waals surface area contributed by atoms with E-state index in [4.69, 9.17) is 0 Å². The number of rotatable bonds is 5. The van der Waals surface area contributed by atoms with E-state index in [9.17, 15) is 22.3 Å². The van der Waals surface area contributed by atoms with E-state index in [-0.39, 0.29) is 18.8 Å². The minimum Gasteiger partial charge on any atom is -0.507 e. The van der Waals surface area contributed by atoms with Crippen LogP contribution in [0.5, 0.6) is 5.75 Å². The first-order valence-corrected chi connectivity index (χ1v) is 11.2. The molecule has 3 rings (SSSR count). The Hall–Kier alpha value is -2.03. The third kappa shape index (κ3) is 4.44. The molecule has 0 bridgehead atoms. The van der Waals surface area contributed by atoms with Gasteiger partial charge in [-0.2, -0.15) is 4.31 Å². The van der Waals surface area contributed by atoms with Gasteiger partial charge < -0.3 is 10.0 Å². The molecule has 0 unspecified atom stereocenters. The maximum Gasteiger partial charge on any atom is 0.249 e. The largest absolute Gasteiger partial charge is 0.507 e. The summed E-state index contributed by atoms with van der Waals surface area (Å²) in [5.74, 6) is -1.58. The summed E-state index contributed by atoms with van der Waals surface area (Å²) in [7, 11) is -4.23.